The van der Waals surface area contributed by atoms with Gasteiger partial charge in [-0.25, -0.2) is 0 Å². The van der Waals surface area contributed by atoms with Crippen LogP contribution in [-0.4, -0.2) is 29.1 Å². The number of carbonyl (C=O) groups excluding carboxylic acids is 1. The third-order valence-corrected chi connectivity index (χ3v) is 2.88. The van der Waals surface area contributed by atoms with Gasteiger partial charge in [-0.15, -0.1) is 0 Å². The second-order valence-corrected chi connectivity index (χ2v) is 4.48. The fraction of sp³-hybridized carbons (Fsp3) is 0.909. The lowest BCUT2D eigenvalue weighted by molar-refractivity contribution is -0.122. The van der Waals surface area contributed by atoms with E-state index in [9.17, 15) is 9.90 Å². The van der Waals surface area contributed by atoms with Gasteiger partial charge in [-0.3, -0.25) is 4.79 Å². The molecule has 0 aliphatic heterocycles. The first kappa shape index (κ1) is 11.7. The second-order valence-electron chi connectivity index (χ2n) is 4.48. The molecule has 0 heterocycles. The molecule has 0 aromatic rings. The van der Waals surface area contributed by atoms with Crippen LogP contribution < -0.4 is 5.32 Å². The summed E-state index contributed by atoms with van der Waals surface area (Å²) in [4.78, 5) is 11.5. The number of hydrogen-bond donors (Lipinski definition) is 2. The van der Waals surface area contributed by atoms with Crippen LogP contribution in [0.15, 0.2) is 0 Å². The first-order valence-corrected chi connectivity index (χ1v) is 5.51. The van der Waals surface area contributed by atoms with Gasteiger partial charge in [0.2, 0.25) is 0 Å². The standard InChI is InChI=1S/C11H21NO2/c1-4-10(13)8-5-9(11(14)6-8)12-7(2)3/h7-9,11-12,14H,4-6H2,1-3H3/t8-,9+,11+/m0/s1. The molecule has 2 N–H and O–H groups in total. The van der Waals surface area contributed by atoms with E-state index >= 15 is 0 Å². The van der Waals surface area contributed by atoms with Crippen LogP contribution in [-0.2, 0) is 4.79 Å². The van der Waals surface area contributed by atoms with Crippen LogP contribution in [0.25, 0.3) is 0 Å². The Balaban J connectivity index is 2.47. The minimum Gasteiger partial charge on any atom is -0.391 e. The maximum Gasteiger partial charge on any atom is 0.135 e. The first-order valence-electron chi connectivity index (χ1n) is 5.51. The third kappa shape index (κ3) is 2.79. The molecule has 0 spiro atoms. The van der Waals surface area contributed by atoms with Crippen molar-refractivity contribution in [1.29, 1.82) is 0 Å². The molecule has 1 aliphatic rings. The van der Waals surface area contributed by atoms with E-state index in [1.54, 1.807) is 0 Å². The third-order valence-electron chi connectivity index (χ3n) is 2.88. The highest BCUT2D eigenvalue weighted by Crippen LogP contribution is 2.27. The van der Waals surface area contributed by atoms with E-state index in [-0.39, 0.29) is 23.8 Å². The lowest BCUT2D eigenvalue weighted by Crippen LogP contribution is -2.39. The number of hydrogen-bond acceptors (Lipinski definition) is 3. The number of rotatable bonds is 4. The number of aliphatic hydroxyl groups is 1. The number of Topliss-reactive ketones (excluding diaryl/α,β-unsaturated/α-hetero) is 1. The van der Waals surface area contributed by atoms with Gasteiger partial charge >= 0.3 is 0 Å². The molecule has 0 saturated heterocycles. The summed E-state index contributed by atoms with van der Waals surface area (Å²) in [7, 11) is 0. The van der Waals surface area contributed by atoms with Crippen LogP contribution in [0.5, 0.6) is 0 Å². The molecule has 3 nitrogen and oxygen atoms in total. The SMILES string of the molecule is CCC(=O)[C@@H]1C[C@@H](O)[C@H](NC(C)C)C1. The minimum absolute atomic E-state index is 0.0752. The maximum absolute atomic E-state index is 11.5. The Bertz CT molecular complexity index is 203. The zero-order valence-electron chi connectivity index (χ0n) is 9.29. The highest BCUT2D eigenvalue weighted by Gasteiger charge is 2.35. The second kappa shape index (κ2) is 4.89. The summed E-state index contributed by atoms with van der Waals surface area (Å²) in [5.41, 5.74) is 0. The summed E-state index contributed by atoms with van der Waals surface area (Å²) in [6.45, 7) is 6.00. The normalized spacial score (nSPS) is 32.5. The van der Waals surface area contributed by atoms with Crippen LogP contribution >= 0.6 is 0 Å². The van der Waals surface area contributed by atoms with E-state index in [0.717, 1.165) is 6.42 Å². The van der Waals surface area contributed by atoms with Crippen LogP contribution in [0.4, 0.5) is 0 Å². The van der Waals surface area contributed by atoms with Crippen molar-refractivity contribution in [3.05, 3.63) is 0 Å². The highest BCUT2D eigenvalue weighted by molar-refractivity contribution is 5.81. The van der Waals surface area contributed by atoms with Gasteiger partial charge in [0.1, 0.15) is 5.78 Å². The summed E-state index contributed by atoms with van der Waals surface area (Å²) in [6.07, 6.45) is 1.67. The highest BCUT2D eigenvalue weighted by atomic mass is 16.3. The van der Waals surface area contributed by atoms with E-state index in [2.05, 4.69) is 19.2 Å². The predicted octanol–water partition coefficient (Wildman–Crippen LogP) is 1.10. The molecule has 0 aromatic heterocycles. The summed E-state index contributed by atoms with van der Waals surface area (Å²) in [6, 6.07) is 0.473. The minimum atomic E-state index is -0.349. The van der Waals surface area contributed by atoms with E-state index in [0.29, 0.717) is 18.9 Å². The van der Waals surface area contributed by atoms with Gasteiger partial charge < -0.3 is 10.4 Å². The van der Waals surface area contributed by atoms with Crippen molar-refractivity contribution in [2.75, 3.05) is 0 Å². The molecule has 1 rings (SSSR count). The van der Waals surface area contributed by atoms with Gasteiger partial charge in [0, 0.05) is 24.4 Å². The van der Waals surface area contributed by atoms with Crippen molar-refractivity contribution in [2.45, 2.75) is 58.2 Å². The summed E-state index contributed by atoms with van der Waals surface area (Å²) < 4.78 is 0. The molecule has 0 radical (unpaired) electrons. The topological polar surface area (TPSA) is 49.3 Å². The maximum atomic E-state index is 11.5. The Kier molecular flexibility index (Phi) is 4.08. The molecular weight excluding hydrogens is 178 g/mol. The molecule has 0 unspecified atom stereocenters. The van der Waals surface area contributed by atoms with Crippen LogP contribution in [0.2, 0.25) is 0 Å². The van der Waals surface area contributed by atoms with Gasteiger partial charge in [-0.2, -0.15) is 0 Å². The molecule has 14 heavy (non-hydrogen) atoms. The lowest BCUT2D eigenvalue weighted by Gasteiger charge is -2.18. The molecule has 82 valence electrons. The van der Waals surface area contributed by atoms with Crippen molar-refractivity contribution in [3.8, 4) is 0 Å². The Morgan fingerprint density at radius 3 is 2.64 bits per heavy atom. The predicted molar refractivity (Wildman–Crippen MR) is 56.1 cm³/mol. The van der Waals surface area contributed by atoms with Crippen molar-refractivity contribution >= 4 is 5.78 Å². The molecule has 3 atom stereocenters. The van der Waals surface area contributed by atoms with Crippen LogP contribution in [0.3, 0.4) is 0 Å². The Labute approximate surface area is 85.9 Å². The molecular formula is C11H21NO2. The van der Waals surface area contributed by atoms with Crippen molar-refractivity contribution < 1.29 is 9.90 Å². The van der Waals surface area contributed by atoms with Crippen molar-refractivity contribution in [1.82, 2.24) is 5.32 Å². The fourth-order valence-electron chi connectivity index (χ4n) is 2.17. The van der Waals surface area contributed by atoms with E-state index in [1.807, 2.05) is 6.92 Å². The number of carbonyl (C=O) groups is 1. The zero-order chi connectivity index (χ0) is 10.7. The van der Waals surface area contributed by atoms with Crippen molar-refractivity contribution in [3.63, 3.8) is 0 Å². The molecule has 0 amide bonds. The van der Waals surface area contributed by atoms with Gasteiger partial charge in [-0.05, 0) is 12.8 Å². The van der Waals surface area contributed by atoms with E-state index in [4.69, 9.17) is 0 Å². The largest absolute Gasteiger partial charge is 0.391 e. The van der Waals surface area contributed by atoms with Crippen LogP contribution in [0.1, 0.15) is 40.0 Å². The number of ketones is 1. The number of aliphatic hydroxyl groups excluding tert-OH is 1. The molecule has 0 aromatic carbocycles. The first-order chi connectivity index (χ1) is 6.54. The van der Waals surface area contributed by atoms with Gasteiger partial charge in [-0.1, -0.05) is 20.8 Å². The summed E-state index contributed by atoms with van der Waals surface area (Å²) >= 11 is 0. The molecule has 3 heteroatoms. The Morgan fingerprint density at radius 1 is 1.50 bits per heavy atom. The average Bonchev–Trinajstić information content (AvgIpc) is 2.46. The molecule has 1 fully saturated rings. The fourth-order valence-corrected chi connectivity index (χ4v) is 2.17. The van der Waals surface area contributed by atoms with Gasteiger partial charge in [0.25, 0.3) is 0 Å². The van der Waals surface area contributed by atoms with E-state index in [1.165, 1.54) is 0 Å². The Morgan fingerprint density at radius 2 is 2.14 bits per heavy atom. The quantitative estimate of drug-likeness (QED) is 0.713. The van der Waals surface area contributed by atoms with Gasteiger partial charge in [0.15, 0.2) is 0 Å². The molecule has 1 saturated carbocycles. The monoisotopic (exact) mass is 199 g/mol. The number of nitrogens with one attached hydrogen (secondary N) is 1. The zero-order valence-corrected chi connectivity index (χ0v) is 9.29. The lowest BCUT2D eigenvalue weighted by atomic mass is 10.0. The summed E-state index contributed by atoms with van der Waals surface area (Å²) in [5.74, 6) is 0.364. The van der Waals surface area contributed by atoms with Crippen molar-refractivity contribution in [2.24, 2.45) is 5.92 Å². The molecule has 0 bridgehead atoms. The smallest absolute Gasteiger partial charge is 0.135 e. The Hall–Kier alpha value is -0.410. The van der Waals surface area contributed by atoms with E-state index < -0.39 is 0 Å². The van der Waals surface area contributed by atoms with Crippen LogP contribution in [0, 0.1) is 5.92 Å². The summed E-state index contributed by atoms with van der Waals surface area (Å²) in [5, 5.41) is 13.0. The van der Waals surface area contributed by atoms with Gasteiger partial charge in [0.05, 0.1) is 6.10 Å². The average molecular weight is 199 g/mol. The molecule has 1 aliphatic carbocycles.